The molecule has 0 amide bonds. The Kier molecular flexibility index (Phi) is 3.61. The minimum absolute atomic E-state index is 0.316. The van der Waals surface area contributed by atoms with E-state index in [0.717, 1.165) is 5.46 Å². The average molecular weight is 336 g/mol. The zero-order valence-corrected chi connectivity index (χ0v) is 15.3. The molecule has 122 valence electrons. The molecule has 0 atom stereocenters. The first kappa shape index (κ1) is 15.9. The largest absolute Gasteiger partial charge is 0.494 e. The summed E-state index contributed by atoms with van der Waals surface area (Å²) in [7, 11) is -0.320. The molecule has 0 bridgehead atoms. The fourth-order valence-electron chi connectivity index (χ4n) is 2.99. The standard InChI is InChI=1S/C20H21BO2S/c1-19(2)20(3,4)23-21(22-19)17-7-5-6-14(13-17)15-8-9-18-16(12-15)10-11-24-18/h5-13H,1-4H3. The topological polar surface area (TPSA) is 18.5 Å². The molecule has 3 aromatic rings. The predicted molar refractivity (Wildman–Crippen MR) is 103 cm³/mol. The SMILES string of the molecule is CC1(C)OB(c2cccc(-c3ccc4sccc4c3)c2)OC1(C)C. The van der Waals surface area contributed by atoms with Crippen LogP contribution in [-0.2, 0) is 9.31 Å². The molecule has 1 aliphatic rings. The van der Waals surface area contributed by atoms with Gasteiger partial charge in [0.1, 0.15) is 0 Å². The molecular formula is C20H21BO2S. The fourth-order valence-corrected chi connectivity index (χ4v) is 3.76. The van der Waals surface area contributed by atoms with E-state index in [1.165, 1.54) is 21.2 Å². The second-order valence-corrected chi connectivity index (χ2v) is 8.33. The van der Waals surface area contributed by atoms with Crippen LogP contribution >= 0.6 is 11.3 Å². The van der Waals surface area contributed by atoms with E-state index >= 15 is 0 Å². The smallest absolute Gasteiger partial charge is 0.399 e. The summed E-state index contributed by atoms with van der Waals surface area (Å²) in [5, 5.41) is 3.42. The minimum atomic E-state index is -0.320. The molecule has 0 unspecified atom stereocenters. The lowest BCUT2D eigenvalue weighted by Gasteiger charge is -2.32. The first-order valence-corrected chi connectivity index (χ1v) is 9.17. The fraction of sp³-hybridized carbons (Fsp3) is 0.300. The molecule has 0 aliphatic carbocycles. The lowest BCUT2D eigenvalue weighted by molar-refractivity contribution is 0.00578. The van der Waals surface area contributed by atoms with Gasteiger partial charge in [0.15, 0.2) is 0 Å². The highest BCUT2D eigenvalue weighted by Gasteiger charge is 2.51. The van der Waals surface area contributed by atoms with Crippen LogP contribution in [0.3, 0.4) is 0 Å². The molecule has 1 saturated heterocycles. The van der Waals surface area contributed by atoms with E-state index in [4.69, 9.17) is 9.31 Å². The second-order valence-electron chi connectivity index (χ2n) is 7.39. The summed E-state index contributed by atoms with van der Waals surface area (Å²) in [6.45, 7) is 8.34. The van der Waals surface area contributed by atoms with Crippen molar-refractivity contribution in [3.63, 3.8) is 0 Å². The van der Waals surface area contributed by atoms with Gasteiger partial charge in [-0.1, -0.05) is 30.3 Å². The van der Waals surface area contributed by atoms with Gasteiger partial charge in [-0.2, -0.15) is 0 Å². The van der Waals surface area contributed by atoms with Crippen molar-refractivity contribution in [2.75, 3.05) is 0 Å². The van der Waals surface area contributed by atoms with Crippen molar-refractivity contribution in [2.24, 2.45) is 0 Å². The van der Waals surface area contributed by atoms with Gasteiger partial charge in [-0.15, -0.1) is 11.3 Å². The zero-order valence-electron chi connectivity index (χ0n) is 14.5. The van der Waals surface area contributed by atoms with Crippen LogP contribution in [0, 0.1) is 0 Å². The Hall–Kier alpha value is -1.62. The van der Waals surface area contributed by atoms with E-state index < -0.39 is 0 Å². The molecule has 2 heterocycles. The maximum atomic E-state index is 6.18. The van der Waals surface area contributed by atoms with Gasteiger partial charge in [-0.25, -0.2) is 0 Å². The number of fused-ring (bicyclic) bond motifs is 1. The number of thiophene rings is 1. The third kappa shape index (κ3) is 2.59. The molecule has 1 aromatic heterocycles. The van der Waals surface area contributed by atoms with Crippen molar-refractivity contribution in [3.05, 3.63) is 53.9 Å². The van der Waals surface area contributed by atoms with E-state index in [0.29, 0.717) is 0 Å². The summed E-state index contributed by atoms with van der Waals surface area (Å²) in [6, 6.07) is 17.3. The van der Waals surface area contributed by atoms with Crippen LogP contribution in [0.5, 0.6) is 0 Å². The highest BCUT2D eigenvalue weighted by molar-refractivity contribution is 7.17. The molecule has 1 fully saturated rings. The van der Waals surface area contributed by atoms with Crippen LogP contribution in [0.4, 0.5) is 0 Å². The molecule has 24 heavy (non-hydrogen) atoms. The minimum Gasteiger partial charge on any atom is -0.399 e. The van der Waals surface area contributed by atoms with Crippen molar-refractivity contribution in [1.82, 2.24) is 0 Å². The first-order chi connectivity index (χ1) is 11.4. The summed E-state index contributed by atoms with van der Waals surface area (Å²) >= 11 is 1.77. The third-order valence-electron chi connectivity index (χ3n) is 5.20. The maximum Gasteiger partial charge on any atom is 0.494 e. The number of hydrogen-bond acceptors (Lipinski definition) is 3. The number of benzene rings is 2. The molecule has 0 spiro atoms. The van der Waals surface area contributed by atoms with Gasteiger partial charge >= 0.3 is 7.12 Å². The van der Waals surface area contributed by atoms with E-state index in [2.05, 4.69) is 81.6 Å². The quantitative estimate of drug-likeness (QED) is 0.622. The van der Waals surface area contributed by atoms with Gasteiger partial charge in [0.25, 0.3) is 0 Å². The van der Waals surface area contributed by atoms with Gasteiger partial charge in [0, 0.05) is 4.70 Å². The van der Waals surface area contributed by atoms with Gasteiger partial charge in [-0.05, 0) is 73.3 Å². The van der Waals surface area contributed by atoms with Crippen LogP contribution in [0.25, 0.3) is 21.2 Å². The van der Waals surface area contributed by atoms with Crippen molar-refractivity contribution >= 4 is 34.0 Å². The van der Waals surface area contributed by atoms with Crippen molar-refractivity contribution < 1.29 is 9.31 Å². The zero-order chi connectivity index (χ0) is 16.9. The van der Waals surface area contributed by atoms with Crippen LogP contribution in [0.2, 0.25) is 0 Å². The molecule has 0 saturated carbocycles. The molecule has 2 aromatic carbocycles. The lowest BCUT2D eigenvalue weighted by atomic mass is 9.78. The third-order valence-corrected chi connectivity index (χ3v) is 6.10. The van der Waals surface area contributed by atoms with Crippen LogP contribution < -0.4 is 5.46 Å². The van der Waals surface area contributed by atoms with Crippen LogP contribution in [0.15, 0.2) is 53.9 Å². The molecular weight excluding hydrogens is 315 g/mol. The van der Waals surface area contributed by atoms with Crippen LogP contribution in [-0.4, -0.2) is 18.3 Å². The van der Waals surface area contributed by atoms with Crippen molar-refractivity contribution in [2.45, 2.75) is 38.9 Å². The van der Waals surface area contributed by atoms with E-state index in [-0.39, 0.29) is 18.3 Å². The molecule has 4 rings (SSSR count). The number of rotatable bonds is 2. The van der Waals surface area contributed by atoms with E-state index in [1.807, 2.05) is 0 Å². The first-order valence-electron chi connectivity index (χ1n) is 8.29. The number of hydrogen-bond donors (Lipinski definition) is 0. The highest BCUT2D eigenvalue weighted by Crippen LogP contribution is 2.36. The van der Waals surface area contributed by atoms with Crippen molar-refractivity contribution in [3.8, 4) is 11.1 Å². The molecule has 1 aliphatic heterocycles. The normalized spacial score (nSPS) is 19.1. The Morgan fingerprint density at radius 3 is 2.29 bits per heavy atom. The Morgan fingerprint density at radius 2 is 1.54 bits per heavy atom. The summed E-state index contributed by atoms with van der Waals surface area (Å²) in [6.07, 6.45) is 0. The molecule has 4 heteroatoms. The van der Waals surface area contributed by atoms with E-state index in [9.17, 15) is 0 Å². The predicted octanol–water partition coefficient (Wildman–Crippen LogP) is 4.87. The Labute approximate surface area is 147 Å². The Bertz CT molecular complexity index is 881. The van der Waals surface area contributed by atoms with Gasteiger partial charge in [-0.3, -0.25) is 0 Å². The Morgan fingerprint density at radius 1 is 0.833 bits per heavy atom. The monoisotopic (exact) mass is 336 g/mol. The second kappa shape index (κ2) is 5.45. The molecule has 0 N–H and O–H groups in total. The maximum absolute atomic E-state index is 6.18. The van der Waals surface area contributed by atoms with Crippen LogP contribution in [0.1, 0.15) is 27.7 Å². The Balaban J connectivity index is 1.69. The van der Waals surface area contributed by atoms with Gasteiger partial charge in [0.05, 0.1) is 11.2 Å². The average Bonchev–Trinajstić information content (AvgIpc) is 3.09. The molecule has 0 radical (unpaired) electrons. The lowest BCUT2D eigenvalue weighted by Crippen LogP contribution is -2.41. The van der Waals surface area contributed by atoms with Crippen molar-refractivity contribution in [1.29, 1.82) is 0 Å². The highest BCUT2D eigenvalue weighted by atomic mass is 32.1. The summed E-state index contributed by atoms with van der Waals surface area (Å²) in [5.41, 5.74) is 2.85. The summed E-state index contributed by atoms with van der Waals surface area (Å²) in [4.78, 5) is 0. The van der Waals surface area contributed by atoms with Gasteiger partial charge < -0.3 is 9.31 Å². The van der Waals surface area contributed by atoms with E-state index in [1.54, 1.807) is 11.3 Å². The summed E-state index contributed by atoms with van der Waals surface area (Å²) < 4.78 is 13.7. The molecule has 2 nitrogen and oxygen atoms in total. The summed E-state index contributed by atoms with van der Waals surface area (Å²) in [5.74, 6) is 0. The van der Waals surface area contributed by atoms with Gasteiger partial charge in [0.2, 0.25) is 0 Å².